The predicted molar refractivity (Wildman–Crippen MR) is 106 cm³/mol. The second kappa shape index (κ2) is 7.18. The number of carbonyl (C=O) groups excluding carboxylic acids is 1. The summed E-state index contributed by atoms with van der Waals surface area (Å²) < 4.78 is 23.7. The van der Waals surface area contributed by atoms with Crippen LogP contribution in [-0.4, -0.2) is 24.3 Å². The molecule has 0 spiro atoms. The molecule has 0 saturated heterocycles. The molecule has 1 aromatic carbocycles. The van der Waals surface area contributed by atoms with E-state index in [1.807, 2.05) is 31.2 Å². The summed E-state index contributed by atoms with van der Waals surface area (Å²) in [5.41, 5.74) is 3.95. The molecule has 0 saturated carbocycles. The Hall–Kier alpha value is -2.62. The second-order valence-corrected chi connectivity index (χ2v) is 8.75. The number of pyridine rings is 1. The average Bonchev–Trinajstić information content (AvgIpc) is 2.98. The molecule has 2 aromatic heterocycles. The van der Waals surface area contributed by atoms with Crippen LogP contribution in [0.5, 0.6) is 0 Å². The van der Waals surface area contributed by atoms with Crippen LogP contribution in [0.3, 0.4) is 0 Å². The van der Waals surface area contributed by atoms with Crippen LogP contribution in [0.1, 0.15) is 18.2 Å². The van der Waals surface area contributed by atoms with Gasteiger partial charge in [0.25, 0.3) is 0 Å². The highest BCUT2D eigenvalue weighted by atomic mass is 32.2. The highest BCUT2D eigenvalue weighted by Crippen LogP contribution is 2.40. The molecule has 7 nitrogen and oxygen atoms in total. The summed E-state index contributed by atoms with van der Waals surface area (Å²) in [5.74, 6) is -0.199. The van der Waals surface area contributed by atoms with Gasteiger partial charge in [0.15, 0.2) is 4.21 Å². The van der Waals surface area contributed by atoms with E-state index in [1.165, 1.54) is 6.92 Å². The van der Waals surface area contributed by atoms with Gasteiger partial charge in [0.1, 0.15) is 5.01 Å². The van der Waals surface area contributed by atoms with Crippen molar-refractivity contribution in [2.75, 3.05) is 5.32 Å². The lowest BCUT2D eigenvalue weighted by atomic mass is 9.97. The number of carbonyl (C=O) groups is 1. The Bertz CT molecular complexity index is 1120. The molecule has 0 unspecified atom stereocenters. The van der Waals surface area contributed by atoms with Gasteiger partial charge in [-0.15, -0.1) is 11.3 Å². The van der Waals surface area contributed by atoms with Crippen molar-refractivity contribution in [3.63, 3.8) is 0 Å². The molecule has 3 aromatic rings. The van der Waals surface area contributed by atoms with E-state index in [9.17, 15) is 13.2 Å². The lowest BCUT2D eigenvalue weighted by Gasteiger charge is -2.15. The van der Waals surface area contributed by atoms with Gasteiger partial charge in [-0.25, -0.2) is 18.5 Å². The fourth-order valence-corrected chi connectivity index (χ4v) is 4.88. The van der Waals surface area contributed by atoms with E-state index < -0.39 is 10.0 Å². The van der Waals surface area contributed by atoms with Crippen molar-refractivity contribution >= 4 is 33.0 Å². The standard InChI is InChI=1S/C18H18N4O3S2/c1-10-14(22-12(3)23)8-7-13(15-6-4-5-9-20-15)16(10)17-21-11(2)18(26-17)27(19,24)25/h4-9H,1-3H3,(H,22,23)(H2,19,24,25). The van der Waals surface area contributed by atoms with E-state index >= 15 is 0 Å². The van der Waals surface area contributed by atoms with Crippen LogP contribution in [-0.2, 0) is 14.8 Å². The number of nitrogens with two attached hydrogens (primary N) is 1. The Balaban J connectivity index is 2.30. The lowest BCUT2D eigenvalue weighted by Crippen LogP contribution is -2.11. The average molecular weight is 403 g/mol. The molecule has 0 atom stereocenters. The van der Waals surface area contributed by atoms with Crippen LogP contribution in [0.15, 0.2) is 40.7 Å². The van der Waals surface area contributed by atoms with Gasteiger partial charge in [-0.05, 0) is 37.6 Å². The van der Waals surface area contributed by atoms with Crippen molar-refractivity contribution < 1.29 is 13.2 Å². The van der Waals surface area contributed by atoms with Gasteiger partial charge < -0.3 is 5.32 Å². The summed E-state index contributed by atoms with van der Waals surface area (Å²) in [7, 11) is -3.87. The zero-order valence-corrected chi connectivity index (χ0v) is 16.6. The minimum Gasteiger partial charge on any atom is -0.326 e. The van der Waals surface area contributed by atoms with E-state index in [-0.39, 0.29) is 10.1 Å². The predicted octanol–water partition coefficient (Wildman–Crippen LogP) is 3.09. The molecule has 9 heteroatoms. The molecule has 27 heavy (non-hydrogen) atoms. The number of aryl methyl sites for hydroxylation is 1. The van der Waals surface area contributed by atoms with Gasteiger partial charge in [-0.3, -0.25) is 9.78 Å². The van der Waals surface area contributed by atoms with Crippen molar-refractivity contribution in [3.8, 4) is 21.8 Å². The number of nitrogens with one attached hydrogen (secondary N) is 1. The van der Waals surface area contributed by atoms with Crippen LogP contribution >= 0.6 is 11.3 Å². The minimum atomic E-state index is -3.87. The number of amides is 1. The highest BCUT2D eigenvalue weighted by molar-refractivity contribution is 7.91. The number of thiazole rings is 1. The van der Waals surface area contributed by atoms with Gasteiger partial charge in [-0.2, -0.15) is 0 Å². The first kappa shape index (κ1) is 19.2. The number of sulfonamides is 1. The molecule has 3 rings (SSSR count). The summed E-state index contributed by atoms with van der Waals surface area (Å²) in [6, 6.07) is 9.17. The number of anilines is 1. The van der Waals surface area contributed by atoms with E-state index in [1.54, 1.807) is 19.2 Å². The fourth-order valence-electron chi connectivity index (χ4n) is 2.80. The molecule has 3 N–H and O–H groups in total. The largest absolute Gasteiger partial charge is 0.326 e. The first-order valence-corrected chi connectivity index (χ1v) is 10.4. The van der Waals surface area contributed by atoms with Crippen LogP contribution < -0.4 is 10.5 Å². The molecule has 0 fully saturated rings. The maximum Gasteiger partial charge on any atom is 0.249 e. The molecule has 0 aliphatic carbocycles. The molecule has 2 heterocycles. The van der Waals surface area contributed by atoms with Crippen molar-refractivity contribution in [2.45, 2.75) is 25.0 Å². The van der Waals surface area contributed by atoms with Crippen molar-refractivity contribution in [1.29, 1.82) is 0 Å². The number of nitrogens with zero attached hydrogens (tertiary/aromatic N) is 2. The summed E-state index contributed by atoms with van der Waals surface area (Å²) in [4.78, 5) is 20.4. The third-order valence-corrected chi connectivity index (χ3v) is 6.67. The maximum atomic E-state index is 11.8. The smallest absolute Gasteiger partial charge is 0.249 e. The molecule has 0 aliphatic heterocycles. The monoisotopic (exact) mass is 402 g/mol. The van der Waals surface area contributed by atoms with E-state index in [0.717, 1.165) is 28.2 Å². The Labute approximate surface area is 161 Å². The van der Waals surface area contributed by atoms with Crippen molar-refractivity contribution in [1.82, 2.24) is 9.97 Å². The minimum absolute atomic E-state index is 0.0220. The van der Waals surface area contributed by atoms with Crippen molar-refractivity contribution in [3.05, 3.63) is 47.8 Å². The third-order valence-electron chi connectivity index (χ3n) is 3.94. The summed E-state index contributed by atoms with van der Waals surface area (Å²) >= 11 is 1.01. The summed E-state index contributed by atoms with van der Waals surface area (Å²) in [6.45, 7) is 4.88. The molecule has 1 amide bonds. The van der Waals surface area contributed by atoms with Crippen LogP contribution in [0, 0.1) is 13.8 Å². The molecular weight excluding hydrogens is 384 g/mol. The van der Waals surface area contributed by atoms with Gasteiger partial charge in [0.2, 0.25) is 15.9 Å². The third kappa shape index (κ3) is 3.90. The van der Waals surface area contributed by atoms with Gasteiger partial charge in [0, 0.05) is 29.9 Å². The SMILES string of the molecule is CC(=O)Nc1ccc(-c2ccccn2)c(-c2nc(C)c(S(N)(=O)=O)s2)c1C. The number of hydrogen-bond acceptors (Lipinski definition) is 6. The molecule has 0 aliphatic rings. The maximum absolute atomic E-state index is 11.8. The van der Waals surface area contributed by atoms with E-state index in [4.69, 9.17) is 5.14 Å². The number of primary sulfonamides is 1. The van der Waals surface area contributed by atoms with Crippen LogP contribution in [0.2, 0.25) is 0 Å². The Kier molecular flexibility index (Phi) is 5.09. The Morgan fingerprint density at radius 2 is 1.93 bits per heavy atom. The number of aromatic nitrogens is 2. The van der Waals surface area contributed by atoms with E-state index in [2.05, 4.69) is 15.3 Å². The normalized spacial score (nSPS) is 11.4. The fraction of sp³-hybridized carbons (Fsp3) is 0.167. The summed E-state index contributed by atoms with van der Waals surface area (Å²) in [5, 5.41) is 8.60. The molecular formula is C18H18N4O3S2. The topological polar surface area (TPSA) is 115 Å². The Morgan fingerprint density at radius 3 is 2.48 bits per heavy atom. The van der Waals surface area contributed by atoms with Crippen LogP contribution in [0.25, 0.3) is 21.8 Å². The molecule has 140 valence electrons. The second-order valence-electron chi connectivity index (χ2n) is 5.99. The first-order chi connectivity index (χ1) is 12.7. The zero-order valence-electron chi connectivity index (χ0n) is 15.0. The quantitative estimate of drug-likeness (QED) is 0.696. The highest BCUT2D eigenvalue weighted by Gasteiger charge is 2.23. The zero-order chi connectivity index (χ0) is 19.8. The summed E-state index contributed by atoms with van der Waals surface area (Å²) in [6.07, 6.45) is 1.68. The Morgan fingerprint density at radius 1 is 1.19 bits per heavy atom. The first-order valence-electron chi connectivity index (χ1n) is 8.01. The van der Waals surface area contributed by atoms with Gasteiger partial charge in [0.05, 0.1) is 11.4 Å². The molecule has 0 bridgehead atoms. The lowest BCUT2D eigenvalue weighted by molar-refractivity contribution is -0.114. The van der Waals surface area contributed by atoms with Crippen molar-refractivity contribution in [2.24, 2.45) is 5.14 Å². The number of benzene rings is 1. The molecule has 0 radical (unpaired) electrons. The van der Waals surface area contributed by atoms with Gasteiger partial charge in [-0.1, -0.05) is 12.1 Å². The van der Waals surface area contributed by atoms with E-state index in [0.29, 0.717) is 22.0 Å². The van der Waals surface area contributed by atoms with Gasteiger partial charge >= 0.3 is 0 Å². The van der Waals surface area contributed by atoms with Crippen LogP contribution in [0.4, 0.5) is 5.69 Å². The number of hydrogen-bond donors (Lipinski definition) is 2. The number of rotatable bonds is 4.